The molecule has 2 aromatic rings. The van der Waals surface area contributed by atoms with E-state index >= 15 is 0 Å². The Labute approximate surface area is 92.9 Å². The van der Waals surface area contributed by atoms with Crippen LogP contribution in [-0.2, 0) is 0 Å². The van der Waals surface area contributed by atoms with Crippen LogP contribution in [0, 0.1) is 5.82 Å². The smallest absolute Gasteiger partial charge is 0.125 e. The molecule has 0 spiro atoms. The molecule has 16 heavy (non-hydrogen) atoms. The Morgan fingerprint density at radius 2 is 2.25 bits per heavy atom. The van der Waals surface area contributed by atoms with Gasteiger partial charge in [0.05, 0.1) is 11.0 Å². The van der Waals surface area contributed by atoms with E-state index in [9.17, 15) is 4.39 Å². The van der Waals surface area contributed by atoms with E-state index in [2.05, 4.69) is 9.97 Å². The van der Waals surface area contributed by atoms with Crippen molar-refractivity contribution in [1.82, 2.24) is 9.97 Å². The first-order chi connectivity index (χ1) is 7.74. The molecule has 1 aromatic carbocycles. The largest absolute Gasteiger partial charge is 0.342 e. The maximum atomic E-state index is 13.0. The SMILES string of the molecule is NC1CCCC1c1nc2ccc(F)cc2[nH]1. The van der Waals surface area contributed by atoms with Gasteiger partial charge in [0.15, 0.2) is 0 Å². The van der Waals surface area contributed by atoms with E-state index in [1.54, 1.807) is 6.07 Å². The molecule has 84 valence electrons. The zero-order valence-electron chi connectivity index (χ0n) is 8.91. The molecule has 1 aliphatic carbocycles. The minimum Gasteiger partial charge on any atom is -0.342 e. The average molecular weight is 219 g/mol. The predicted molar refractivity (Wildman–Crippen MR) is 60.6 cm³/mol. The molecule has 0 bridgehead atoms. The van der Waals surface area contributed by atoms with Crippen molar-refractivity contribution in [2.75, 3.05) is 0 Å². The van der Waals surface area contributed by atoms with E-state index in [1.807, 2.05) is 0 Å². The molecule has 3 nitrogen and oxygen atoms in total. The highest BCUT2D eigenvalue weighted by Gasteiger charge is 2.27. The Hall–Kier alpha value is -1.42. The summed E-state index contributed by atoms with van der Waals surface area (Å²) in [5.41, 5.74) is 7.60. The van der Waals surface area contributed by atoms with Crippen LogP contribution in [-0.4, -0.2) is 16.0 Å². The number of nitrogens with zero attached hydrogens (tertiary/aromatic N) is 1. The van der Waals surface area contributed by atoms with Gasteiger partial charge in [-0.1, -0.05) is 6.42 Å². The molecule has 0 aliphatic heterocycles. The van der Waals surface area contributed by atoms with Crippen LogP contribution in [0.4, 0.5) is 4.39 Å². The summed E-state index contributed by atoms with van der Waals surface area (Å²) in [6, 6.07) is 4.80. The summed E-state index contributed by atoms with van der Waals surface area (Å²) in [6.07, 6.45) is 3.27. The number of H-pyrrole nitrogens is 1. The molecule has 1 saturated carbocycles. The standard InChI is InChI=1S/C12H14FN3/c13-7-4-5-10-11(6-7)16-12(15-10)8-2-1-3-9(8)14/h4-6,8-9H,1-3,14H2,(H,15,16). The van der Waals surface area contributed by atoms with Gasteiger partial charge in [-0.05, 0) is 31.0 Å². The molecule has 3 N–H and O–H groups in total. The summed E-state index contributed by atoms with van der Waals surface area (Å²) in [6.45, 7) is 0. The molecule has 2 unspecified atom stereocenters. The topological polar surface area (TPSA) is 54.7 Å². The molecule has 0 radical (unpaired) electrons. The second-order valence-electron chi connectivity index (χ2n) is 4.48. The molecule has 0 saturated heterocycles. The van der Waals surface area contributed by atoms with Crippen LogP contribution in [0.3, 0.4) is 0 Å². The first kappa shape index (κ1) is 9.78. The third-order valence-corrected chi connectivity index (χ3v) is 3.38. The van der Waals surface area contributed by atoms with Gasteiger partial charge in [0.2, 0.25) is 0 Å². The fourth-order valence-corrected chi connectivity index (χ4v) is 2.51. The first-order valence-electron chi connectivity index (χ1n) is 5.65. The number of rotatable bonds is 1. The molecule has 4 heteroatoms. The summed E-state index contributed by atoms with van der Waals surface area (Å²) in [4.78, 5) is 7.66. The Morgan fingerprint density at radius 3 is 3.00 bits per heavy atom. The van der Waals surface area contributed by atoms with E-state index in [0.717, 1.165) is 36.1 Å². The van der Waals surface area contributed by atoms with E-state index in [1.165, 1.54) is 12.1 Å². The summed E-state index contributed by atoms with van der Waals surface area (Å²) < 4.78 is 13.0. The van der Waals surface area contributed by atoms with Gasteiger partial charge in [-0.3, -0.25) is 0 Å². The third kappa shape index (κ3) is 1.50. The monoisotopic (exact) mass is 219 g/mol. The molecule has 2 atom stereocenters. The van der Waals surface area contributed by atoms with E-state index in [-0.39, 0.29) is 11.9 Å². The average Bonchev–Trinajstić information content (AvgIpc) is 2.82. The molecule has 3 rings (SSSR count). The van der Waals surface area contributed by atoms with Crippen molar-refractivity contribution in [2.45, 2.75) is 31.2 Å². The number of halogens is 1. The second-order valence-corrected chi connectivity index (χ2v) is 4.48. The number of nitrogens with one attached hydrogen (secondary N) is 1. The maximum absolute atomic E-state index is 13.0. The highest BCUT2D eigenvalue weighted by Crippen LogP contribution is 2.32. The van der Waals surface area contributed by atoms with Crippen molar-refractivity contribution in [3.05, 3.63) is 29.8 Å². The summed E-state index contributed by atoms with van der Waals surface area (Å²) in [7, 11) is 0. The molecule has 1 aromatic heterocycles. The number of benzene rings is 1. The lowest BCUT2D eigenvalue weighted by molar-refractivity contribution is 0.588. The molecular formula is C12H14FN3. The van der Waals surface area contributed by atoms with Gasteiger partial charge in [0.1, 0.15) is 11.6 Å². The van der Waals surface area contributed by atoms with Gasteiger partial charge in [-0.25, -0.2) is 9.37 Å². The van der Waals surface area contributed by atoms with Gasteiger partial charge >= 0.3 is 0 Å². The Kier molecular flexibility index (Phi) is 2.17. The zero-order chi connectivity index (χ0) is 11.1. The highest BCUT2D eigenvalue weighted by atomic mass is 19.1. The summed E-state index contributed by atoms with van der Waals surface area (Å²) in [5.74, 6) is 0.972. The summed E-state index contributed by atoms with van der Waals surface area (Å²) in [5, 5.41) is 0. The number of hydrogen-bond donors (Lipinski definition) is 2. The van der Waals surface area contributed by atoms with Crippen LogP contribution in [0.15, 0.2) is 18.2 Å². The van der Waals surface area contributed by atoms with Crippen LogP contribution in [0.5, 0.6) is 0 Å². The number of nitrogens with two attached hydrogens (primary N) is 1. The van der Waals surface area contributed by atoms with Gasteiger partial charge in [0.25, 0.3) is 0 Å². The maximum Gasteiger partial charge on any atom is 0.125 e. The minimum absolute atomic E-state index is 0.186. The van der Waals surface area contributed by atoms with Crippen molar-refractivity contribution in [3.63, 3.8) is 0 Å². The number of aromatic amines is 1. The Morgan fingerprint density at radius 1 is 1.38 bits per heavy atom. The minimum atomic E-state index is -0.238. The van der Waals surface area contributed by atoms with Crippen molar-refractivity contribution < 1.29 is 4.39 Å². The number of aromatic nitrogens is 2. The third-order valence-electron chi connectivity index (χ3n) is 3.38. The first-order valence-corrected chi connectivity index (χ1v) is 5.65. The lowest BCUT2D eigenvalue weighted by Gasteiger charge is -2.11. The van der Waals surface area contributed by atoms with Crippen LogP contribution in [0.1, 0.15) is 31.0 Å². The Bertz CT molecular complexity index is 520. The normalized spacial score (nSPS) is 25.4. The van der Waals surface area contributed by atoms with Crippen molar-refractivity contribution in [3.8, 4) is 0 Å². The highest BCUT2D eigenvalue weighted by molar-refractivity contribution is 5.75. The van der Waals surface area contributed by atoms with Gasteiger partial charge in [0, 0.05) is 12.0 Å². The molecule has 1 fully saturated rings. The Balaban J connectivity index is 2.04. The molecular weight excluding hydrogens is 205 g/mol. The van der Waals surface area contributed by atoms with Crippen LogP contribution in [0.2, 0.25) is 0 Å². The van der Waals surface area contributed by atoms with E-state index in [4.69, 9.17) is 5.73 Å². The molecule has 1 aliphatic rings. The quantitative estimate of drug-likeness (QED) is 0.773. The fourth-order valence-electron chi connectivity index (χ4n) is 2.51. The number of fused-ring (bicyclic) bond motifs is 1. The van der Waals surface area contributed by atoms with Gasteiger partial charge < -0.3 is 10.7 Å². The van der Waals surface area contributed by atoms with Crippen LogP contribution < -0.4 is 5.73 Å². The number of imidazole rings is 1. The van der Waals surface area contributed by atoms with Crippen LogP contribution >= 0.6 is 0 Å². The van der Waals surface area contributed by atoms with Gasteiger partial charge in [-0.2, -0.15) is 0 Å². The fraction of sp³-hybridized carbons (Fsp3) is 0.417. The van der Waals surface area contributed by atoms with Crippen molar-refractivity contribution in [2.24, 2.45) is 5.73 Å². The van der Waals surface area contributed by atoms with E-state index < -0.39 is 0 Å². The summed E-state index contributed by atoms with van der Waals surface area (Å²) >= 11 is 0. The lowest BCUT2D eigenvalue weighted by atomic mass is 10.0. The number of hydrogen-bond acceptors (Lipinski definition) is 2. The molecule has 1 heterocycles. The van der Waals surface area contributed by atoms with Crippen molar-refractivity contribution in [1.29, 1.82) is 0 Å². The van der Waals surface area contributed by atoms with Gasteiger partial charge in [-0.15, -0.1) is 0 Å². The predicted octanol–water partition coefficient (Wildman–Crippen LogP) is 2.30. The second kappa shape index (κ2) is 3.56. The molecule has 0 amide bonds. The van der Waals surface area contributed by atoms with Crippen molar-refractivity contribution >= 4 is 11.0 Å². The zero-order valence-corrected chi connectivity index (χ0v) is 8.91. The van der Waals surface area contributed by atoms with E-state index in [0.29, 0.717) is 5.92 Å². The lowest BCUT2D eigenvalue weighted by Crippen LogP contribution is -2.23. The van der Waals surface area contributed by atoms with Crippen LogP contribution in [0.25, 0.3) is 11.0 Å².